The van der Waals surface area contributed by atoms with Gasteiger partial charge < -0.3 is 10.5 Å². The molecule has 0 aliphatic rings. The highest BCUT2D eigenvalue weighted by atomic mass is 16.5. The van der Waals surface area contributed by atoms with E-state index in [-0.39, 0.29) is 0 Å². The van der Waals surface area contributed by atoms with Crippen LogP contribution >= 0.6 is 0 Å². The average molecular weight is 289 g/mol. The van der Waals surface area contributed by atoms with Gasteiger partial charge in [0.1, 0.15) is 5.75 Å². The zero-order chi connectivity index (χ0) is 15.5. The molecule has 0 aliphatic heterocycles. The molecular formula is C20H19NO. The summed E-state index contributed by atoms with van der Waals surface area (Å²) in [6.45, 7) is 2.01. The van der Waals surface area contributed by atoms with Crippen LogP contribution in [0.3, 0.4) is 0 Å². The Bertz CT molecular complexity index is 780. The highest BCUT2D eigenvalue weighted by Crippen LogP contribution is 2.44. The molecule has 0 radical (unpaired) electrons. The van der Waals surface area contributed by atoms with Gasteiger partial charge in [0.05, 0.1) is 7.11 Å². The molecule has 0 aromatic heterocycles. The second-order valence-electron chi connectivity index (χ2n) is 5.29. The molecule has 0 unspecified atom stereocenters. The molecule has 0 bridgehead atoms. The first-order chi connectivity index (χ1) is 10.7. The summed E-state index contributed by atoms with van der Waals surface area (Å²) in [5.74, 6) is 0.844. The van der Waals surface area contributed by atoms with Gasteiger partial charge >= 0.3 is 0 Å². The highest BCUT2D eigenvalue weighted by molar-refractivity contribution is 5.95. The third kappa shape index (κ3) is 2.44. The van der Waals surface area contributed by atoms with Gasteiger partial charge in [0.2, 0.25) is 0 Å². The van der Waals surface area contributed by atoms with Crippen molar-refractivity contribution in [2.45, 2.75) is 6.92 Å². The van der Waals surface area contributed by atoms with Crippen molar-refractivity contribution in [3.63, 3.8) is 0 Å². The number of nitrogen functional groups attached to an aromatic ring is 1. The Morgan fingerprint density at radius 3 is 1.77 bits per heavy atom. The van der Waals surface area contributed by atoms with Crippen LogP contribution in [0, 0.1) is 6.92 Å². The molecule has 0 spiro atoms. The number of benzene rings is 3. The molecule has 2 N–H and O–H groups in total. The Morgan fingerprint density at radius 1 is 0.773 bits per heavy atom. The quantitative estimate of drug-likeness (QED) is 0.695. The van der Waals surface area contributed by atoms with Crippen molar-refractivity contribution < 1.29 is 4.74 Å². The molecule has 0 saturated heterocycles. The van der Waals surface area contributed by atoms with Crippen molar-refractivity contribution in [2.24, 2.45) is 0 Å². The summed E-state index contributed by atoms with van der Waals surface area (Å²) in [4.78, 5) is 0. The van der Waals surface area contributed by atoms with E-state index in [4.69, 9.17) is 10.5 Å². The van der Waals surface area contributed by atoms with E-state index in [1.807, 2.05) is 49.4 Å². The molecule has 2 heteroatoms. The number of methoxy groups -OCH3 is 1. The van der Waals surface area contributed by atoms with Crippen LogP contribution in [0.2, 0.25) is 0 Å². The fourth-order valence-corrected chi connectivity index (χ4v) is 2.76. The van der Waals surface area contributed by atoms with Crippen LogP contribution < -0.4 is 10.5 Å². The topological polar surface area (TPSA) is 35.2 Å². The number of rotatable bonds is 3. The minimum absolute atomic E-state index is 0.797. The smallest absolute Gasteiger partial charge is 0.127 e. The normalized spacial score (nSPS) is 10.5. The van der Waals surface area contributed by atoms with Gasteiger partial charge in [-0.2, -0.15) is 0 Å². The van der Waals surface area contributed by atoms with Gasteiger partial charge in [0, 0.05) is 16.8 Å². The molecule has 3 rings (SSSR count). The van der Waals surface area contributed by atoms with Crippen LogP contribution in [0.4, 0.5) is 5.69 Å². The first kappa shape index (κ1) is 14.2. The first-order valence-corrected chi connectivity index (χ1v) is 7.30. The lowest BCUT2D eigenvalue weighted by molar-refractivity contribution is 0.416. The van der Waals surface area contributed by atoms with Gasteiger partial charge in [-0.15, -0.1) is 0 Å². The molecule has 0 saturated carbocycles. The van der Waals surface area contributed by atoms with Crippen LogP contribution in [-0.4, -0.2) is 7.11 Å². The molecule has 0 heterocycles. The maximum Gasteiger partial charge on any atom is 0.127 e. The molecular weight excluding hydrogens is 270 g/mol. The number of hydrogen-bond donors (Lipinski definition) is 1. The third-order valence-electron chi connectivity index (χ3n) is 3.88. The summed E-state index contributed by atoms with van der Waals surface area (Å²) in [5.41, 5.74) is 12.5. The summed E-state index contributed by atoms with van der Waals surface area (Å²) >= 11 is 0. The van der Waals surface area contributed by atoms with Crippen molar-refractivity contribution in [1.29, 1.82) is 0 Å². The largest absolute Gasteiger partial charge is 0.496 e. The summed E-state index contributed by atoms with van der Waals surface area (Å²) in [5, 5.41) is 0. The number of ether oxygens (including phenoxy) is 1. The van der Waals surface area contributed by atoms with E-state index in [0.717, 1.165) is 39.3 Å². The predicted molar refractivity (Wildman–Crippen MR) is 93.0 cm³/mol. The maximum absolute atomic E-state index is 6.42. The van der Waals surface area contributed by atoms with Crippen LogP contribution in [0.15, 0.2) is 66.7 Å². The first-order valence-electron chi connectivity index (χ1n) is 7.30. The molecule has 3 aromatic rings. The van der Waals surface area contributed by atoms with Gasteiger partial charge in [-0.05, 0) is 29.7 Å². The predicted octanol–water partition coefficient (Wildman–Crippen LogP) is 4.92. The molecule has 22 heavy (non-hydrogen) atoms. The average Bonchev–Trinajstić information content (AvgIpc) is 2.58. The summed E-state index contributed by atoms with van der Waals surface area (Å²) in [7, 11) is 1.70. The zero-order valence-electron chi connectivity index (χ0n) is 12.8. The van der Waals surface area contributed by atoms with Gasteiger partial charge in [0.15, 0.2) is 0 Å². The second-order valence-corrected chi connectivity index (χ2v) is 5.29. The number of hydrogen-bond acceptors (Lipinski definition) is 2. The van der Waals surface area contributed by atoms with E-state index in [1.165, 1.54) is 0 Å². The Hall–Kier alpha value is -2.74. The number of nitrogens with two attached hydrogens (primary N) is 1. The van der Waals surface area contributed by atoms with Crippen LogP contribution in [0.1, 0.15) is 5.56 Å². The molecule has 0 fully saturated rings. The maximum atomic E-state index is 6.42. The monoisotopic (exact) mass is 289 g/mol. The Morgan fingerprint density at radius 2 is 1.27 bits per heavy atom. The number of anilines is 1. The van der Waals surface area contributed by atoms with E-state index in [2.05, 4.69) is 24.3 Å². The van der Waals surface area contributed by atoms with Crippen LogP contribution in [-0.2, 0) is 0 Å². The van der Waals surface area contributed by atoms with Crippen molar-refractivity contribution in [3.05, 3.63) is 72.3 Å². The summed E-state index contributed by atoms with van der Waals surface area (Å²) in [6, 6.07) is 22.5. The lowest BCUT2D eigenvalue weighted by atomic mass is 9.90. The summed E-state index contributed by atoms with van der Waals surface area (Å²) in [6.07, 6.45) is 0. The van der Waals surface area contributed by atoms with Gasteiger partial charge in [-0.3, -0.25) is 0 Å². The van der Waals surface area contributed by atoms with Gasteiger partial charge in [-0.1, -0.05) is 60.7 Å². The second kappa shape index (κ2) is 5.94. The van der Waals surface area contributed by atoms with Crippen molar-refractivity contribution >= 4 is 5.69 Å². The Balaban J connectivity index is 2.38. The fourth-order valence-electron chi connectivity index (χ4n) is 2.76. The number of aryl methyl sites for hydroxylation is 1. The Kier molecular flexibility index (Phi) is 3.84. The SMILES string of the molecule is COc1cc(C)c(N)c(-c2ccccc2)c1-c1ccccc1. The lowest BCUT2D eigenvalue weighted by Crippen LogP contribution is -2.00. The minimum Gasteiger partial charge on any atom is -0.496 e. The standard InChI is InChI=1S/C20H19NO/c1-14-13-17(22-2)18(15-9-5-3-6-10-15)19(20(14)21)16-11-7-4-8-12-16/h3-13H,21H2,1-2H3. The molecule has 3 aromatic carbocycles. The Labute approximate surface area is 131 Å². The van der Waals surface area contributed by atoms with Gasteiger partial charge in [-0.25, -0.2) is 0 Å². The summed E-state index contributed by atoms with van der Waals surface area (Å²) < 4.78 is 5.64. The molecule has 0 aliphatic carbocycles. The zero-order valence-corrected chi connectivity index (χ0v) is 12.8. The van der Waals surface area contributed by atoms with E-state index in [9.17, 15) is 0 Å². The van der Waals surface area contributed by atoms with Crippen molar-refractivity contribution in [1.82, 2.24) is 0 Å². The van der Waals surface area contributed by atoms with Crippen molar-refractivity contribution in [3.8, 4) is 28.0 Å². The van der Waals surface area contributed by atoms with Gasteiger partial charge in [0.25, 0.3) is 0 Å². The van der Waals surface area contributed by atoms with E-state index < -0.39 is 0 Å². The third-order valence-corrected chi connectivity index (χ3v) is 3.88. The molecule has 0 atom stereocenters. The van der Waals surface area contributed by atoms with E-state index >= 15 is 0 Å². The fraction of sp³-hybridized carbons (Fsp3) is 0.100. The van der Waals surface area contributed by atoms with Crippen molar-refractivity contribution in [2.75, 3.05) is 12.8 Å². The van der Waals surface area contributed by atoms with E-state index in [1.54, 1.807) is 7.11 Å². The lowest BCUT2D eigenvalue weighted by Gasteiger charge is -2.19. The molecule has 2 nitrogen and oxygen atoms in total. The van der Waals surface area contributed by atoms with Crippen LogP contribution in [0.5, 0.6) is 5.75 Å². The molecule has 110 valence electrons. The molecule has 0 amide bonds. The van der Waals surface area contributed by atoms with Crippen LogP contribution in [0.25, 0.3) is 22.3 Å². The minimum atomic E-state index is 0.797. The van der Waals surface area contributed by atoms with E-state index in [0.29, 0.717) is 0 Å². The highest BCUT2D eigenvalue weighted by Gasteiger charge is 2.18.